The van der Waals surface area contributed by atoms with E-state index in [0.29, 0.717) is 10.8 Å². The molecule has 7 unspecified atom stereocenters. The van der Waals surface area contributed by atoms with E-state index in [1.54, 1.807) is 0 Å². The summed E-state index contributed by atoms with van der Waals surface area (Å²) >= 11 is 0. The lowest BCUT2D eigenvalue weighted by atomic mass is 9.44. The number of hydrogen-bond acceptors (Lipinski definition) is 3. The van der Waals surface area contributed by atoms with Gasteiger partial charge in [-0.1, -0.05) is 33.8 Å². The van der Waals surface area contributed by atoms with Crippen LogP contribution < -0.4 is 0 Å². The molecule has 0 N–H and O–H groups in total. The lowest BCUT2D eigenvalue weighted by Gasteiger charge is -2.62. The van der Waals surface area contributed by atoms with Crippen molar-refractivity contribution in [2.45, 2.75) is 97.7 Å². The fourth-order valence-corrected chi connectivity index (χ4v) is 8.99. The van der Waals surface area contributed by atoms with Crippen LogP contribution >= 0.6 is 0 Å². The molecule has 5 aliphatic rings. The zero-order valence-corrected chi connectivity index (χ0v) is 21.7. The van der Waals surface area contributed by atoms with Gasteiger partial charge in [0.05, 0.1) is 13.2 Å². The fraction of sp³-hybridized carbons (Fsp3) is 0.833. The average molecular weight is 457 g/mol. The Hall–Kier alpha value is -0.930. The Kier molecular flexibility index (Phi) is 7.33. The summed E-state index contributed by atoms with van der Waals surface area (Å²) in [6.07, 6.45) is 17.0. The van der Waals surface area contributed by atoms with Gasteiger partial charge in [0.2, 0.25) is 0 Å². The lowest BCUT2D eigenvalue weighted by Crippen LogP contribution is -2.56. The van der Waals surface area contributed by atoms with Gasteiger partial charge in [-0.25, -0.2) is 0 Å². The van der Waals surface area contributed by atoms with Crippen molar-refractivity contribution in [3.05, 3.63) is 25.3 Å². The molecule has 1 aliphatic heterocycles. The van der Waals surface area contributed by atoms with Crippen molar-refractivity contribution in [3.8, 4) is 0 Å². The standard InChI is InChI=1S/C28H44O3.C2H4/c1-19(2)25(29)7-5-6-20-9-11-23-22-10-8-21-18-28(30-16-17-31-28)15-14-27(21,4)24(22)12-13-26(20,23)3;1-2/h5,7,19-24H,6,8-18H2,1-4H3;1-2H2/b7-5+;. The Morgan fingerprint density at radius 3 is 2.33 bits per heavy atom. The van der Waals surface area contributed by atoms with Gasteiger partial charge in [0.15, 0.2) is 11.6 Å². The normalized spacial score (nSPS) is 43.6. The van der Waals surface area contributed by atoms with Crippen molar-refractivity contribution >= 4 is 5.78 Å². The van der Waals surface area contributed by atoms with Crippen LogP contribution in [0.25, 0.3) is 0 Å². The third-order valence-electron chi connectivity index (χ3n) is 10.9. The summed E-state index contributed by atoms with van der Waals surface area (Å²) in [7, 11) is 0. The zero-order chi connectivity index (χ0) is 23.9. The number of carbonyl (C=O) groups excluding carboxylic acids is 1. The Balaban J connectivity index is 0.00000126. The van der Waals surface area contributed by atoms with Crippen molar-refractivity contribution in [2.24, 2.45) is 46.3 Å². The highest BCUT2D eigenvalue weighted by Crippen LogP contribution is 2.68. The van der Waals surface area contributed by atoms with E-state index in [1.165, 1.54) is 44.9 Å². The number of ether oxygens (including phenoxy) is 2. The highest BCUT2D eigenvalue weighted by atomic mass is 16.7. The lowest BCUT2D eigenvalue weighted by molar-refractivity contribution is -0.229. The average Bonchev–Trinajstić information content (AvgIpc) is 3.40. The van der Waals surface area contributed by atoms with Crippen molar-refractivity contribution in [3.63, 3.8) is 0 Å². The third kappa shape index (κ3) is 4.31. The van der Waals surface area contributed by atoms with Gasteiger partial charge in [0.25, 0.3) is 0 Å². The molecule has 5 fully saturated rings. The molecule has 3 nitrogen and oxygen atoms in total. The number of fused-ring (bicyclic) bond motifs is 5. The molecule has 4 aliphatic carbocycles. The summed E-state index contributed by atoms with van der Waals surface area (Å²) in [4.78, 5) is 12.0. The van der Waals surface area contributed by atoms with E-state index in [9.17, 15) is 4.79 Å². The van der Waals surface area contributed by atoms with Gasteiger partial charge in [-0.15, -0.1) is 13.2 Å². The van der Waals surface area contributed by atoms with Gasteiger partial charge in [0.1, 0.15) is 0 Å². The molecular formula is C30H48O3. The van der Waals surface area contributed by atoms with E-state index < -0.39 is 0 Å². The smallest absolute Gasteiger partial charge is 0.168 e. The second-order valence-electron chi connectivity index (χ2n) is 12.5. The first-order valence-electron chi connectivity index (χ1n) is 13.8. The summed E-state index contributed by atoms with van der Waals surface area (Å²) in [5.74, 6) is 4.37. The first-order valence-corrected chi connectivity index (χ1v) is 13.8. The van der Waals surface area contributed by atoms with Gasteiger partial charge in [-0.05, 0) is 97.9 Å². The summed E-state index contributed by atoms with van der Waals surface area (Å²) in [6.45, 7) is 16.8. The van der Waals surface area contributed by atoms with Crippen molar-refractivity contribution < 1.29 is 14.3 Å². The molecule has 0 aromatic carbocycles. The molecule has 1 saturated heterocycles. The molecule has 0 aromatic heterocycles. The molecule has 33 heavy (non-hydrogen) atoms. The number of allylic oxidation sites excluding steroid dienone is 2. The van der Waals surface area contributed by atoms with Crippen LogP contribution in [0, 0.1) is 46.3 Å². The molecule has 7 atom stereocenters. The molecule has 0 radical (unpaired) electrons. The first-order chi connectivity index (χ1) is 15.8. The van der Waals surface area contributed by atoms with Crippen LogP contribution in [-0.4, -0.2) is 24.8 Å². The van der Waals surface area contributed by atoms with E-state index in [1.807, 2.05) is 19.9 Å². The van der Waals surface area contributed by atoms with Crippen LogP contribution in [0.4, 0.5) is 0 Å². The first kappa shape index (κ1) is 25.2. The Morgan fingerprint density at radius 1 is 0.939 bits per heavy atom. The van der Waals surface area contributed by atoms with Crippen LogP contribution in [0.15, 0.2) is 25.3 Å². The maximum absolute atomic E-state index is 12.0. The van der Waals surface area contributed by atoms with Gasteiger partial charge in [-0.2, -0.15) is 0 Å². The van der Waals surface area contributed by atoms with E-state index >= 15 is 0 Å². The van der Waals surface area contributed by atoms with Crippen LogP contribution in [0.2, 0.25) is 0 Å². The molecule has 1 spiro atoms. The minimum atomic E-state index is -0.238. The van der Waals surface area contributed by atoms with Crippen molar-refractivity contribution in [1.29, 1.82) is 0 Å². The van der Waals surface area contributed by atoms with E-state index in [-0.39, 0.29) is 17.5 Å². The highest BCUT2D eigenvalue weighted by Gasteiger charge is 2.61. The van der Waals surface area contributed by atoms with E-state index in [0.717, 1.165) is 62.1 Å². The number of rotatable bonds is 4. The zero-order valence-electron chi connectivity index (χ0n) is 21.7. The molecule has 186 valence electrons. The predicted molar refractivity (Wildman–Crippen MR) is 135 cm³/mol. The molecule has 0 aromatic rings. The molecule has 3 heteroatoms. The maximum atomic E-state index is 12.0. The Bertz CT molecular complexity index is 735. The second kappa shape index (κ2) is 9.61. The SMILES string of the molecule is C=C.CC(C)C(=O)/C=C/CC1CCC2C3CCC4CC5(CCC4(C)C3CCC12C)OCCO5. The summed E-state index contributed by atoms with van der Waals surface area (Å²) < 4.78 is 12.3. The van der Waals surface area contributed by atoms with Gasteiger partial charge < -0.3 is 9.47 Å². The molecule has 5 rings (SSSR count). The quantitative estimate of drug-likeness (QED) is 0.327. The molecule has 1 heterocycles. The number of carbonyl (C=O) groups is 1. The monoisotopic (exact) mass is 456 g/mol. The van der Waals surface area contributed by atoms with Crippen LogP contribution in [0.3, 0.4) is 0 Å². The van der Waals surface area contributed by atoms with Crippen molar-refractivity contribution in [1.82, 2.24) is 0 Å². The fourth-order valence-electron chi connectivity index (χ4n) is 8.99. The predicted octanol–water partition coefficient (Wildman–Crippen LogP) is 7.36. The third-order valence-corrected chi connectivity index (χ3v) is 10.9. The van der Waals surface area contributed by atoms with Crippen molar-refractivity contribution in [2.75, 3.05) is 13.2 Å². The Morgan fingerprint density at radius 2 is 1.64 bits per heavy atom. The number of ketones is 1. The molecule has 4 saturated carbocycles. The summed E-state index contributed by atoms with van der Waals surface area (Å²) in [5, 5.41) is 0. The Labute approximate surface area is 202 Å². The van der Waals surface area contributed by atoms with Crippen LogP contribution in [-0.2, 0) is 14.3 Å². The summed E-state index contributed by atoms with van der Waals surface area (Å²) in [6, 6.07) is 0. The van der Waals surface area contributed by atoms with E-state index in [4.69, 9.17) is 9.47 Å². The molecule has 0 amide bonds. The van der Waals surface area contributed by atoms with Crippen LogP contribution in [0.5, 0.6) is 0 Å². The number of hydrogen-bond donors (Lipinski definition) is 0. The van der Waals surface area contributed by atoms with E-state index in [2.05, 4.69) is 33.1 Å². The highest BCUT2D eigenvalue weighted by molar-refractivity contribution is 5.91. The maximum Gasteiger partial charge on any atom is 0.168 e. The van der Waals surface area contributed by atoms with Gasteiger partial charge in [-0.3, -0.25) is 4.79 Å². The largest absolute Gasteiger partial charge is 0.348 e. The molecule has 0 bridgehead atoms. The van der Waals surface area contributed by atoms with Gasteiger partial charge in [0, 0.05) is 18.8 Å². The molecular weight excluding hydrogens is 408 g/mol. The van der Waals surface area contributed by atoms with Crippen LogP contribution in [0.1, 0.15) is 91.9 Å². The summed E-state index contributed by atoms with van der Waals surface area (Å²) in [5.41, 5.74) is 0.954. The topological polar surface area (TPSA) is 35.5 Å². The minimum Gasteiger partial charge on any atom is -0.348 e. The van der Waals surface area contributed by atoms with Gasteiger partial charge >= 0.3 is 0 Å². The minimum absolute atomic E-state index is 0.115. The second-order valence-corrected chi connectivity index (χ2v) is 12.5.